The van der Waals surface area contributed by atoms with Crippen LogP contribution in [0.4, 0.5) is 5.69 Å². The van der Waals surface area contributed by atoms with Crippen molar-refractivity contribution in [3.05, 3.63) is 59.7 Å². The fourth-order valence-electron chi connectivity index (χ4n) is 2.00. The van der Waals surface area contributed by atoms with E-state index in [1.807, 2.05) is 57.2 Å². The second-order valence-corrected chi connectivity index (χ2v) is 6.43. The largest absolute Gasteiger partial charge is 0.497 e. The van der Waals surface area contributed by atoms with E-state index in [0.29, 0.717) is 0 Å². The summed E-state index contributed by atoms with van der Waals surface area (Å²) < 4.78 is 5.16. The zero-order valence-electron chi connectivity index (χ0n) is 13.6. The molecule has 1 N–H and O–H groups in total. The smallest absolute Gasteiger partial charge is 0.229 e. The summed E-state index contributed by atoms with van der Waals surface area (Å²) in [6, 6.07) is 16.0. The Bertz CT molecular complexity index is 622. The molecule has 0 aliphatic carbocycles. The quantitative estimate of drug-likeness (QED) is 0.915. The average molecular weight is 297 g/mol. The summed E-state index contributed by atoms with van der Waals surface area (Å²) in [6.07, 6.45) is 0.859. The lowest BCUT2D eigenvalue weighted by Crippen LogP contribution is -2.27. The molecule has 0 spiro atoms. The molecule has 0 heterocycles. The van der Waals surface area contributed by atoms with Crippen molar-refractivity contribution in [2.45, 2.75) is 27.2 Å². The Hall–Kier alpha value is -2.29. The molecule has 3 nitrogen and oxygen atoms in total. The van der Waals surface area contributed by atoms with E-state index in [2.05, 4.69) is 17.4 Å². The van der Waals surface area contributed by atoms with E-state index in [4.69, 9.17) is 4.74 Å². The maximum absolute atomic E-state index is 11.9. The normalized spacial score (nSPS) is 11.1. The van der Waals surface area contributed by atoms with Gasteiger partial charge in [-0.15, -0.1) is 0 Å². The van der Waals surface area contributed by atoms with Crippen molar-refractivity contribution >= 4 is 11.6 Å². The molecular formula is C19H23NO2. The van der Waals surface area contributed by atoms with E-state index < -0.39 is 0 Å². The maximum Gasteiger partial charge on any atom is 0.229 e. The summed E-state index contributed by atoms with van der Waals surface area (Å²) in [5, 5.41) is 2.93. The standard InChI is InChI=1S/C19H23NO2/c1-19(2,3)18(21)20-16-9-5-14(6-10-16)13-15-7-11-17(22-4)12-8-15/h5-12H,13H2,1-4H3,(H,20,21). The SMILES string of the molecule is COc1ccc(Cc2ccc(NC(=O)C(C)(C)C)cc2)cc1. The van der Waals surface area contributed by atoms with E-state index in [-0.39, 0.29) is 11.3 Å². The van der Waals surface area contributed by atoms with Gasteiger partial charge in [-0.05, 0) is 41.8 Å². The van der Waals surface area contributed by atoms with E-state index in [1.165, 1.54) is 11.1 Å². The van der Waals surface area contributed by atoms with E-state index in [0.717, 1.165) is 17.9 Å². The van der Waals surface area contributed by atoms with Gasteiger partial charge in [-0.3, -0.25) is 4.79 Å². The average Bonchev–Trinajstić information content (AvgIpc) is 2.49. The van der Waals surface area contributed by atoms with Crippen LogP contribution in [0.3, 0.4) is 0 Å². The predicted molar refractivity (Wildman–Crippen MR) is 90.3 cm³/mol. The number of hydrogen-bond donors (Lipinski definition) is 1. The highest BCUT2D eigenvalue weighted by Gasteiger charge is 2.20. The first-order chi connectivity index (χ1) is 10.4. The molecule has 0 aromatic heterocycles. The number of ether oxygens (including phenoxy) is 1. The lowest BCUT2D eigenvalue weighted by molar-refractivity contribution is -0.123. The molecule has 2 rings (SSSR count). The van der Waals surface area contributed by atoms with Gasteiger partial charge in [0.2, 0.25) is 5.91 Å². The van der Waals surface area contributed by atoms with Gasteiger partial charge in [0.25, 0.3) is 0 Å². The lowest BCUT2D eigenvalue weighted by Gasteiger charge is -2.17. The van der Waals surface area contributed by atoms with Gasteiger partial charge in [-0.25, -0.2) is 0 Å². The Balaban J connectivity index is 2.01. The first kappa shape index (κ1) is 16.1. The zero-order valence-corrected chi connectivity index (χ0v) is 13.6. The van der Waals surface area contributed by atoms with Crippen LogP contribution in [0.15, 0.2) is 48.5 Å². The molecule has 3 heteroatoms. The highest BCUT2D eigenvalue weighted by Crippen LogP contribution is 2.19. The fourth-order valence-corrected chi connectivity index (χ4v) is 2.00. The summed E-state index contributed by atoms with van der Waals surface area (Å²) in [5.74, 6) is 0.888. The van der Waals surface area contributed by atoms with Crippen molar-refractivity contribution in [2.75, 3.05) is 12.4 Å². The Kier molecular flexibility index (Phi) is 4.86. The first-order valence-corrected chi connectivity index (χ1v) is 7.42. The molecule has 22 heavy (non-hydrogen) atoms. The van der Waals surface area contributed by atoms with E-state index >= 15 is 0 Å². The minimum Gasteiger partial charge on any atom is -0.497 e. The molecule has 0 fully saturated rings. The number of carbonyl (C=O) groups is 1. The van der Waals surface area contributed by atoms with Crippen molar-refractivity contribution in [3.63, 3.8) is 0 Å². The molecule has 0 aliphatic rings. The summed E-state index contributed by atoms with van der Waals surface area (Å²) in [7, 11) is 1.67. The van der Waals surface area contributed by atoms with Gasteiger partial charge in [0.1, 0.15) is 5.75 Å². The molecule has 0 saturated heterocycles. The van der Waals surface area contributed by atoms with Gasteiger partial charge in [0.15, 0.2) is 0 Å². The molecular weight excluding hydrogens is 274 g/mol. The van der Waals surface area contributed by atoms with Crippen molar-refractivity contribution < 1.29 is 9.53 Å². The second kappa shape index (κ2) is 6.65. The first-order valence-electron chi connectivity index (χ1n) is 7.42. The zero-order chi connectivity index (χ0) is 16.2. The molecule has 1 amide bonds. The predicted octanol–water partition coefficient (Wildman–Crippen LogP) is 4.27. The van der Waals surface area contributed by atoms with Crippen LogP contribution in [0.2, 0.25) is 0 Å². The van der Waals surface area contributed by atoms with Crippen molar-refractivity contribution in [1.82, 2.24) is 0 Å². The minimum atomic E-state index is -0.387. The van der Waals surface area contributed by atoms with Crippen LogP contribution in [0.25, 0.3) is 0 Å². The van der Waals surface area contributed by atoms with Gasteiger partial charge in [-0.2, -0.15) is 0 Å². The van der Waals surface area contributed by atoms with Crippen LogP contribution >= 0.6 is 0 Å². The third-order valence-corrected chi connectivity index (χ3v) is 3.46. The van der Waals surface area contributed by atoms with Gasteiger partial charge < -0.3 is 10.1 Å². The number of amides is 1. The monoisotopic (exact) mass is 297 g/mol. The Morgan fingerprint density at radius 2 is 1.45 bits per heavy atom. The number of hydrogen-bond acceptors (Lipinski definition) is 2. The van der Waals surface area contributed by atoms with Crippen molar-refractivity contribution in [1.29, 1.82) is 0 Å². The number of carbonyl (C=O) groups excluding carboxylic acids is 1. The van der Waals surface area contributed by atoms with Crippen molar-refractivity contribution in [2.24, 2.45) is 5.41 Å². The van der Waals surface area contributed by atoms with Gasteiger partial charge in [0.05, 0.1) is 7.11 Å². The molecule has 0 bridgehead atoms. The number of nitrogens with one attached hydrogen (secondary N) is 1. The molecule has 0 saturated carbocycles. The van der Waals surface area contributed by atoms with Crippen LogP contribution in [0.5, 0.6) is 5.75 Å². The van der Waals surface area contributed by atoms with Crippen LogP contribution in [-0.4, -0.2) is 13.0 Å². The van der Waals surface area contributed by atoms with E-state index in [9.17, 15) is 4.79 Å². The molecule has 0 radical (unpaired) electrons. The summed E-state index contributed by atoms with van der Waals surface area (Å²) in [6.45, 7) is 5.71. The third-order valence-electron chi connectivity index (χ3n) is 3.46. The highest BCUT2D eigenvalue weighted by molar-refractivity contribution is 5.94. The molecule has 0 unspecified atom stereocenters. The van der Waals surface area contributed by atoms with Crippen LogP contribution in [-0.2, 0) is 11.2 Å². The van der Waals surface area contributed by atoms with Crippen LogP contribution in [0.1, 0.15) is 31.9 Å². The number of benzene rings is 2. The number of rotatable bonds is 4. The van der Waals surface area contributed by atoms with Crippen molar-refractivity contribution in [3.8, 4) is 5.75 Å². The molecule has 2 aromatic carbocycles. The van der Waals surface area contributed by atoms with E-state index in [1.54, 1.807) is 7.11 Å². The maximum atomic E-state index is 11.9. The highest BCUT2D eigenvalue weighted by atomic mass is 16.5. The molecule has 0 aliphatic heterocycles. The van der Waals surface area contributed by atoms with Gasteiger partial charge in [0, 0.05) is 11.1 Å². The molecule has 2 aromatic rings. The van der Waals surface area contributed by atoms with Crippen LogP contribution < -0.4 is 10.1 Å². The molecule has 116 valence electrons. The van der Waals surface area contributed by atoms with Crippen LogP contribution in [0, 0.1) is 5.41 Å². The fraction of sp³-hybridized carbons (Fsp3) is 0.316. The Labute approximate surface area is 132 Å². The summed E-state index contributed by atoms with van der Waals surface area (Å²) in [4.78, 5) is 11.9. The lowest BCUT2D eigenvalue weighted by atomic mass is 9.95. The topological polar surface area (TPSA) is 38.3 Å². The second-order valence-electron chi connectivity index (χ2n) is 6.43. The summed E-state index contributed by atoms with van der Waals surface area (Å²) in [5.41, 5.74) is 2.88. The number of anilines is 1. The minimum absolute atomic E-state index is 0.0235. The summed E-state index contributed by atoms with van der Waals surface area (Å²) >= 11 is 0. The third kappa shape index (κ3) is 4.35. The number of methoxy groups -OCH3 is 1. The molecule has 0 atom stereocenters. The Morgan fingerprint density at radius 1 is 0.955 bits per heavy atom. The van der Waals surface area contributed by atoms with Gasteiger partial charge >= 0.3 is 0 Å². The van der Waals surface area contributed by atoms with Gasteiger partial charge in [-0.1, -0.05) is 45.0 Å². The Morgan fingerprint density at radius 3 is 1.91 bits per heavy atom.